The first-order valence-corrected chi connectivity index (χ1v) is 7.48. The van der Waals surface area contributed by atoms with Crippen LogP contribution in [-0.2, 0) is 10.0 Å². The third kappa shape index (κ3) is 3.02. The van der Waals surface area contributed by atoms with Crippen LogP contribution in [0, 0.1) is 6.92 Å². The van der Waals surface area contributed by atoms with E-state index < -0.39 is 10.0 Å². The van der Waals surface area contributed by atoms with Crippen LogP contribution in [0.4, 0.5) is 5.88 Å². The summed E-state index contributed by atoms with van der Waals surface area (Å²) in [5.41, 5.74) is 0.906. The van der Waals surface area contributed by atoms with Gasteiger partial charge in [-0.1, -0.05) is 17.7 Å². The topological polar surface area (TPSA) is 96.4 Å². The SMILES string of the molecule is Cc1ccc(S(=O)(=O)Nc2on[n+](N(C)C)c2C=O)cc1. The highest BCUT2D eigenvalue weighted by atomic mass is 32.2. The Kier molecular flexibility index (Phi) is 3.94. The molecule has 0 atom stereocenters. The lowest BCUT2D eigenvalue weighted by molar-refractivity contribution is -0.754. The molecule has 0 bridgehead atoms. The first-order chi connectivity index (χ1) is 9.85. The summed E-state index contributed by atoms with van der Waals surface area (Å²) in [4.78, 5) is 12.3. The van der Waals surface area contributed by atoms with Crippen molar-refractivity contribution in [2.24, 2.45) is 0 Å². The standard InChI is InChI=1S/C12H14N4O4S/c1-9-4-6-10(7-5-9)21(18,19)13-12-11(8-17)16(14-20-12)15(2)3/h4-8H,1-3H3/p+1. The first kappa shape index (κ1) is 15.0. The summed E-state index contributed by atoms with van der Waals surface area (Å²) in [6, 6.07) is 6.29. The number of aromatic nitrogens is 2. The quantitative estimate of drug-likeness (QED) is 0.620. The molecule has 0 aliphatic heterocycles. The van der Waals surface area contributed by atoms with Gasteiger partial charge in [0, 0.05) is 0 Å². The number of nitrogens with zero attached hydrogens (tertiary/aromatic N) is 3. The third-order valence-electron chi connectivity index (χ3n) is 2.71. The number of benzene rings is 1. The van der Waals surface area contributed by atoms with Crippen molar-refractivity contribution < 1.29 is 22.5 Å². The van der Waals surface area contributed by atoms with Crippen molar-refractivity contribution in [3.63, 3.8) is 0 Å². The molecule has 0 saturated carbocycles. The highest BCUT2D eigenvalue weighted by Crippen LogP contribution is 2.17. The maximum Gasteiger partial charge on any atom is 0.371 e. The Hall–Kier alpha value is -2.42. The van der Waals surface area contributed by atoms with Gasteiger partial charge in [-0.15, -0.1) is 0 Å². The van der Waals surface area contributed by atoms with E-state index in [1.165, 1.54) is 17.1 Å². The minimum absolute atomic E-state index is 0.0318. The van der Waals surface area contributed by atoms with Crippen molar-refractivity contribution in [2.75, 3.05) is 23.8 Å². The van der Waals surface area contributed by atoms with Gasteiger partial charge < -0.3 is 0 Å². The van der Waals surface area contributed by atoms with E-state index >= 15 is 0 Å². The van der Waals surface area contributed by atoms with Crippen molar-refractivity contribution in [3.05, 3.63) is 35.5 Å². The Bertz CT molecular complexity index is 750. The van der Waals surface area contributed by atoms with Crippen LogP contribution in [0.5, 0.6) is 0 Å². The number of aldehydes is 1. The van der Waals surface area contributed by atoms with Crippen LogP contribution in [0.1, 0.15) is 16.1 Å². The van der Waals surface area contributed by atoms with Crippen LogP contribution in [-0.4, -0.2) is 34.1 Å². The van der Waals surface area contributed by atoms with Gasteiger partial charge in [0.05, 0.1) is 23.8 Å². The highest BCUT2D eigenvalue weighted by molar-refractivity contribution is 7.92. The molecule has 1 aromatic heterocycles. The van der Waals surface area contributed by atoms with E-state index in [4.69, 9.17) is 4.52 Å². The second-order valence-electron chi connectivity index (χ2n) is 4.56. The predicted molar refractivity (Wildman–Crippen MR) is 74.1 cm³/mol. The number of carbonyl (C=O) groups excluding carboxylic acids is 1. The summed E-state index contributed by atoms with van der Waals surface area (Å²) < 4.78 is 31.5. The van der Waals surface area contributed by atoms with Gasteiger partial charge in [0.15, 0.2) is 0 Å². The molecular formula is C12H15N4O4S+. The van der Waals surface area contributed by atoms with Gasteiger partial charge in [-0.3, -0.25) is 9.32 Å². The fourth-order valence-corrected chi connectivity index (χ4v) is 2.62. The van der Waals surface area contributed by atoms with Gasteiger partial charge in [0.1, 0.15) is 0 Å². The summed E-state index contributed by atoms with van der Waals surface area (Å²) >= 11 is 0. The van der Waals surface area contributed by atoms with E-state index in [0.717, 1.165) is 10.4 Å². The van der Waals surface area contributed by atoms with Crippen molar-refractivity contribution in [1.82, 2.24) is 5.27 Å². The number of carbonyl (C=O) groups is 1. The van der Waals surface area contributed by atoms with E-state index in [1.54, 1.807) is 26.2 Å². The number of aryl methyl sites for hydroxylation is 1. The summed E-state index contributed by atoms with van der Waals surface area (Å²) in [6.45, 7) is 1.85. The van der Waals surface area contributed by atoms with Crippen LogP contribution in [0.2, 0.25) is 0 Å². The minimum Gasteiger partial charge on any atom is -0.291 e. The first-order valence-electron chi connectivity index (χ1n) is 5.99. The highest BCUT2D eigenvalue weighted by Gasteiger charge is 2.30. The molecule has 1 heterocycles. The van der Waals surface area contributed by atoms with Crippen LogP contribution in [0.15, 0.2) is 33.7 Å². The summed E-state index contributed by atoms with van der Waals surface area (Å²) in [5.74, 6) is -0.237. The number of hydrogen-bond acceptors (Lipinski definition) is 6. The van der Waals surface area contributed by atoms with Crippen LogP contribution in [0.3, 0.4) is 0 Å². The van der Waals surface area contributed by atoms with Gasteiger partial charge in [0.25, 0.3) is 10.0 Å². The van der Waals surface area contributed by atoms with Gasteiger partial charge >= 0.3 is 11.6 Å². The maximum atomic E-state index is 12.2. The lowest BCUT2D eigenvalue weighted by Gasteiger charge is -2.04. The largest absolute Gasteiger partial charge is 0.371 e. The fraction of sp³-hybridized carbons (Fsp3) is 0.250. The van der Waals surface area contributed by atoms with E-state index in [0.29, 0.717) is 6.29 Å². The van der Waals surface area contributed by atoms with Gasteiger partial charge in [-0.25, -0.2) is 13.1 Å². The lowest BCUT2D eigenvalue weighted by Crippen LogP contribution is -2.56. The monoisotopic (exact) mass is 311 g/mol. The average Bonchev–Trinajstić information content (AvgIpc) is 2.81. The molecule has 0 amide bonds. The maximum absolute atomic E-state index is 12.2. The molecule has 9 heteroatoms. The second kappa shape index (κ2) is 5.52. The van der Waals surface area contributed by atoms with Gasteiger partial charge in [-0.2, -0.15) is 5.01 Å². The van der Waals surface area contributed by atoms with Crippen molar-refractivity contribution in [1.29, 1.82) is 0 Å². The Morgan fingerprint density at radius 2 is 1.90 bits per heavy atom. The molecule has 0 spiro atoms. The Morgan fingerprint density at radius 3 is 2.43 bits per heavy atom. The zero-order valence-electron chi connectivity index (χ0n) is 11.8. The van der Waals surface area contributed by atoms with Gasteiger partial charge in [0.2, 0.25) is 11.6 Å². The molecule has 1 aromatic carbocycles. The zero-order valence-corrected chi connectivity index (χ0v) is 12.6. The molecule has 2 aromatic rings. The molecule has 0 saturated heterocycles. The lowest BCUT2D eigenvalue weighted by atomic mass is 10.2. The van der Waals surface area contributed by atoms with Gasteiger partial charge in [-0.05, 0) is 19.1 Å². The fourth-order valence-electron chi connectivity index (χ4n) is 1.62. The van der Waals surface area contributed by atoms with Crippen molar-refractivity contribution in [3.8, 4) is 0 Å². The molecule has 0 fully saturated rings. The smallest absolute Gasteiger partial charge is 0.291 e. The van der Waals surface area contributed by atoms with E-state index in [2.05, 4.69) is 9.99 Å². The van der Waals surface area contributed by atoms with Crippen LogP contribution < -0.4 is 14.5 Å². The molecule has 0 radical (unpaired) electrons. The molecule has 8 nitrogen and oxygen atoms in total. The van der Waals surface area contributed by atoms with Crippen molar-refractivity contribution >= 4 is 22.2 Å². The van der Waals surface area contributed by atoms with E-state index in [1.807, 2.05) is 6.92 Å². The van der Waals surface area contributed by atoms with Crippen LogP contribution in [0.25, 0.3) is 0 Å². The average molecular weight is 311 g/mol. The normalized spacial score (nSPS) is 11.2. The molecular weight excluding hydrogens is 296 g/mol. The zero-order chi connectivity index (χ0) is 15.6. The molecule has 0 aliphatic rings. The molecule has 0 aliphatic carbocycles. The Morgan fingerprint density at radius 1 is 1.29 bits per heavy atom. The number of rotatable bonds is 5. The molecule has 112 valence electrons. The second-order valence-corrected chi connectivity index (χ2v) is 6.24. The summed E-state index contributed by atoms with van der Waals surface area (Å²) in [5, 5.41) is 5.06. The Balaban J connectivity index is 2.37. The van der Waals surface area contributed by atoms with E-state index in [9.17, 15) is 13.2 Å². The Labute approximate surface area is 122 Å². The minimum atomic E-state index is -3.85. The number of hydrogen-bond donors (Lipinski definition) is 1. The molecule has 1 N–H and O–H groups in total. The summed E-state index contributed by atoms with van der Waals surface area (Å²) in [7, 11) is -0.584. The number of sulfonamides is 1. The number of nitrogens with one attached hydrogen (secondary N) is 1. The van der Waals surface area contributed by atoms with E-state index in [-0.39, 0.29) is 16.5 Å². The van der Waals surface area contributed by atoms with Crippen molar-refractivity contribution in [2.45, 2.75) is 11.8 Å². The predicted octanol–water partition coefficient (Wildman–Crippen LogP) is 0.0814. The molecule has 21 heavy (non-hydrogen) atoms. The molecule has 0 unspecified atom stereocenters. The number of anilines is 1. The third-order valence-corrected chi connectivity index (χ3v) is 4.05. The van der Waals surface area contributed by atoms with Crippen LogP contribution >= 0.6 is 0 Å². The molecule has 2 rings (SSSR count). The summed E-state index contributed by atoms with van der Waals surface area (Å²) in [6.07, 6.45) is 0.462.